The number of aliphatic imine (C=N–C) groups is 1. The summed E-state index contributed by atoms with van der Waals surface area (Å²) >= 11 is 0. The zero-order valence-corrected chi connectivity index (χ0v) is 7.66. The molecule has 2 rings (SSSR count). The molecule has 1 fully saturated rings. The number of nitrogens with two attached hydrogens (primary N) is 1. The summed E-state index contributed by atoms with van der Waals surface area (Å²) in [5.74, 6) is -0.00731. The number of rotatable bonds is 0. The minimum Gasteiger partial charge on any atom is -0.320 e. The highest BCUT2D eigenvalue weighted by Crippen LogP contribution is 2.20. The van der Waals surface area contributed by atoms with Crippen LogP contribution in [0.4, 0.5) is 0 Å². The highest BCUT2D eigenvalue weighted by Gasteiger charge is 2.31. The molecule has 1 unspecified atom stereocenters. The van der Waals surface area contributed by atoms with Gasteiger partial charge < -0.3 is 10.6 Å². The van der Waals surface area contributed by atoms with Gasteiger partial charge in [-0.2, -0.15) is 0 Å². The molecule has 0 spiro atoms. The molecule has 0 aliphatic carbocycles. The normalized spacial score (nSPS) is 28.0. The zero-order valence-electron chi connectivity index (χ0n) is 7.66. The van der Waals surface area contributed by atoms with Crippen LogP contribution in [0.2, 0.25) is 0 Å². The summed E-state index contributed by atoms with van der Waals surface area (Å²) in [5, 5.41) is 0. The molecule has 2 heterocycles. The molecule has 2 aliphatic heterocycles. The lowest BCUT2D eigenvalue weighted by Gasteiger charge is -2.32. The lowest BCUT2D eigenvalue weighted by atomic mass is 9.98. The fourth-order valence-electron chi connectivity index (χ4n) is 1.76. The molecule has 4 heteroatoms. The molecule has 0 aromatic rings. The van der Waals surface area contributed by atoms with E-state index in [4.69, 9.17) is 5.73 Å². The van der Waals surface area contributed by atoms with Gasteiger partial charge >= 0.3 is 0 Å². The van der Waals surface area contributed by atoms with E-state index in [1.807, 2.05) is 0 Å². The summed E-state index contributed by atoms with van der Waals surface area (Å²) in [6.45, 7) is 0.827. The maximum absolute atomic E-state index is 11.5. The molecule has 13 heavy (non-hydrogen) atoms. The van der Waals surface area contributed by atoms with Crippen LogP contribution in [0.1, 0.15) is 12.8 Å². The first-order valence-electron chi connectivity index (χ1n) is 4.47. The number of amides is 1. The molecule has 0 radical (unpaired) electrons. The summed E-state index contributed by atoms with van der Waals surface area (Å²) in [5.41, 5.74) is 7.62. The highest BCUT2D eigenvalue weighted by atomic mass is 16.2. The molecule has 2 N–H and O–H groups in total. The van der Waals surface area contributed by atoms with E-state index in [9.17, 15) is 4.79 Å². The van der Waals surface area contributed by atoms with Crippen LogP contribution >= 0.6 is 0 Å². The number of piperidine rings is 1. The van der Waals surface area contributed by atoms with Gasteiger partial charge in [0.05, 0.1) is 17.5 Å². The lowest BCUT2D eigenvalue weighted by Crippen LogP contribution is -2.49. The smallest absolute Gasteiger partial charge is 0.244 e. The predicted octanol–water partition coefficient (Wildman–Crippen LogP) is -0.0956. The fourth-order valence-corrected chi connectivity index (χ4v) is 1.76. The predicted molar refractivity (Wildman–Crippen MR) is 50.4 cm³/mol. The first kappa shape index (κ1) is 8.44. The van der Waals surface area contributed by atoms with Crippen LogP contribution in [-0.2, 0) is 4.79 Å². The number of carbonyl (C=O) groups excluding carboxylic acids is 1. The first-order chi connectivity index (χ1) is 6.20. The third kappa shape index (κ3) is 1.27. The van der Waals surface area contributed by atoms with E-state index in [0.29, 0.717) is 6.42 Å². The number of nitrogens with zero attached hydrogens (tertiary/aromatic N) is 2. The average Bonchev–Trinajstić information content (AvgIpc) is 2.15. The van der Waals surface area contributed by atoms with E-state index in [1.54, 1.807) is 11.9 Å². The molecular formula is C9H13N3O. The Hall–Kier alpha value is -1.16. The van der Waals surface area contributed by atoms with Gasteiger partial charge in [0.2, 0.25) is 5.91 Å². The summed E-state index contributed by atoms with van der Waals surface area (Å²) < 4.78 is 0. The van der Waals surface area contributed by atoms with Gasteiger partial charge in [0, 0.05) is 20.0 Å². The molecule has 70 valence electrons. The third-order valence-electron chi connectivity index (χ3n) is 2.49. The van der Waals surface area contributed by atoms with Crippen molar-refractivity contribution in [3.8, 4) is 0 Å². The maximum Gasteiger partial charge on any atom is 0.244 e. The van der Waals surface area contributed by atoms with E-state index in [0.717, 1.165) is 24.4 Å². The van der Waals surface area contributed by atoms with Gasteiger partial charge in [-0.15, -0.1) is 0 Å². The fraction of sp³-hybridized carbons (Fsp3) is 0.556. The number of likely N-dealkylation sites (tertiary alicyclic amines) is 1. The number of hydrogen-bond acceptors (Lipinski definition) is 3. The van der Waals surface area contributed by atoms with Crippen molar-refractivity contribution in [2.24, 2.45) is 10.7 Å². The van der Waals surface area contributed by atoms with Crippen LogP contribution in [0.15, 0.2) is 16.8 Å². The Morgan fingerprint density at radius 2 is 2.46 bits per heavy atom. The Bertz CT molecular complexity index is 306. The van der Waals surface area contributed by atoms with Gasteiger partial charge in [0.15, 0.2) is 0 Å². The van der Waals surface area contributed by atoms with Crippen molar-refractivity contribution in [1.82, 2.24) is 4.90 Å². The topological polar surface area (TPSA) is 58.7 Å². The Morgan fingerprint density at radius 1 is 1.69 bits per heavy atom. The van der Waals surface area contributed by atoms with Crippen LogP contribution in [0.3, 0.4) is 0 Å². The average molecular weight is 179 g/mol. The Morgan fingerprint density at radius 3 is 3.23 bits per heavy atom. The maximum atomic E-state index is 11.5. The number of dihydropyridines is 1. The van der Waals surface area contributed by atoms with Crippen molar-refractivity contribution in [2.45, 2.75) is 18.9 Å². The molecule has 0 aromatic heterocycles. The Balaban J connectivity index is 2.33. The number of likely N-dealkylation sites (N-methyl/N-ethyl adjacent to an activating group) is 1. The van der Waals surface area contributed by atoms with Crippen molar-refractivity contribution in [3.63, 3.8) is 0 Å². The van der Waals surface area contributed by atoms with Gasteiger partial charge in [0.25, 0.3) is 0 Å². The van der Waals surface area contributed by atoms with Crippen molar-refractivity contribution in [3.05, 3.63) is 11.8 Å². The van der Waals surface area contributed by atoms with Gasteiger partial charge in [-0.25, -0.2) is 0 Å². The molecule has 1 amide bonds. The molecule has 0 bridgehead atoms. The number of fused-ring (bicyclic) bond motifs is 1. The van der Waals surface area contributed by atoms with E-state index in [-0.39, 0.29) is 5.91 Å². The summed E-state index contributed by atoms with van der Waals surface area (Å²) in [6, 6.07) is -0.404. The van der Waals surface area contributed by atoms with Gasteiger partial charge in [-0.1, -0.05) is 6.08 Å². The van der Waals surface area contributed by atoms with Crippen LogP contribution < -0.4 is 5.73 Å². The quantitative estimate of drug-likeness (QED) is 0.564. The first-order valence-corrected chi connectivity index (χ1v) is 4.47. The van der Waals surface area contributed by atoms with Crippen LogP contribution in [0.5, 0.6) is 0 Å². The molecule has 0 aromatic carbocycles. The van der Waals surface area contributed by atoms with Crippen LogP contribution in [0.25, 0.3) is 0 Å². The van der Waals surface area contributed by atoms with Crippen LogP contribution in [0, 0.1) is 0 Å². The third-order valence-corrected chi connectivity index (χ3v) is 2.49. The van der Waals surface area contributed by atoms with Gasteiger partial charge in [0.1, 0.15) is 0 Å². The minimum absolute atomic E-state index is 0.00731. The standard InChI is InChI=1S/C9H13N3O/c1-12-8-3-2-4-11-7(8)5-6(10)9(12)13/h3,6H,2,4-5,10H2,1H3. The summed E-state index contributed by atoms with van der Waals surface area (Å²) in [6.07, 6.45) is 3.58. The van der Waals surface area contributed by atoms with Gasteiger partial charge in [-0.3, -0.25) is 9.79 Å². The highest BCUT2D eigenvalue weighted by molar-refractivity contribution is 6.09. The Kier molecular flexibility index (Phi) is 1.92. The number of allylic oxidation sites excluding steroid dienone is 1. The molecule has 4 nitrogen and oxygen atoms in total. The minimum atomic E-state index is -0.404. The van der Waals surface area contributed by atoms with Gasteiger partial charge in [-0.05, 0) is 6.42 Å². The molecule has 1 saturated heterocycles. The number of hydrogen-bond donors (Lipinski definition) is 1. The van der Waals surface area contributed by atoms with E-state index >= 15 is 0 Å². The van der Waals surface area contributed by atoms with E-state index in [1.165, 1.54) is 0 Å². The van der Waals surface area contributed by atoms with E-state index < -0.39 is 6.04 Å². The van der Waals surface area contributed by atoms with E-state index in [2.05, 4.69) is 11.1 Å². The van der Waals surface area contributed by atoms with Crippen molar-refractivity contribution in [2.75, 3.05) is 13.6 Å². The number of carbonyl (C=O) groups is 1. The monoisotopic (exact) mass is 179 g/mol. The Labute approximate surface area is 77.1 Å². The van der Waals surface area contributed by atoms with Crippen molar-refractivity contribution >= 4 is 11.6 Å². The molecule has 0 saturated carbocycles. The SMILES string of the molecule is CN1C(=O)C(N)CC2=NCCC=C21. The van der Waals surface area contributed by atoms with Crippen LogP contribution in [-0.4, -0.2) is 36.2 Å². The molecule has 1 atom stereocenters. The zero-order chi connectivity index (χ0) is 9.42. The molecule has 2 aliphatic rings. The second kappa shape index (κ2) is 2.96. The second-order valence-electron chi connectivity index (χ2n) is 3.41. The summed E-state index contributed by atoms with van der Waals surface area (Å²) in [4.78, 5) is 17.5. The largest absolute Gasteiger partial charge is 0.320 e. The second-order valence-corrected chi connectivity index (χ2v) is 3.41. The van der Waals surface area contributed by atoms with Crippen molar-refractivity contribution in [1.29, 1.82) is 0 Å². The lowest BCUT2D eigenvalue weighted by molar-refractivity contribution is -0.129. The summed E-state index contributed by atoms with van der Waals surface area (Å²) in [7, 11) is 1.76. The van der Waals surface area contributed by atoms with Crippen molar-refractivity contribution < 1.29 is 4.79 Å². The molecular weight excluding hydrogens is 166 g/mol.